The van der Waals surface area contributed by atoms with Crippen LogP contribution in [0, 0.1) is 22.7 Å². The lowest BCUT2D eigenvalue weighted by Crippen LogP contribution is -2.43. The maximum atomic E-state index is 12.4. The zero-order chi connectivity index (χ0) is 27.1. The molecule has 2 aliphatic heterocycles. The zero-order valence-electron chi connectivity index (χ0n) is 21.6. The average Bonchev–Trinajstić information content (AvgIpc) is 3.19. The van der Waals surface area contributed by atoms with E-state index in [1.54, 1.807) is 17.1 Å². The van der Waals surface area contributed by atoms with Crippen molar-refractivity contribution >= 4 is 35.7 Å². The van der Waals surface area contributed by atoms with Crippen molar-refractivity contribution in [1.82, 2.24) is 25.6 Å². The van der Waals surface area contributed by atoms with Crippen LogP contribution in [0.3, 0.4) is 0 Å². The Morgan fingerprint density at radius 1 is 1.19 bits per heavy atom. The SMILES string of the molecule is CC1(C)CC1C=O.CN1CCC2(CC1)CN(C(=O)c1cncs1)CC2C=O.CNNC(=O)C(C)(F)F. The summed E-state index contributed by atoms with van der Waals surface area (Å²) in [5.41, 5.74) is 5.86. The number of amides is 2. The van der Waals surface area contributed by atoms with Crippen molar-refractivity contribution in [2.75, 3.05) is 40.3 Å². The fourth-order valence-electron chi connectivity index (χ4n) is 4.37. The van der Waals surface area contributed by atoms with Gasteiger partial charge in [-0.15, -0.1) is 11.3 Å². The molecule has 12 heteroatoms. The van der Waals surface area contributed by atoms with E-state index >= 15 is 0 Å². The van der Waals surface area contributed by atoms with Gasteiger partial charge in [-0.2, -0.15) is 8.78 Å². The molecule has 2 N–H and O–H groups in total. The number of piperidine rings is 1. The number of nitrogens with one attached hydrogen (secondary N) is 2. The molecule has 3 heterocycles. The Kier molecular flexibility index (Phi) is 10.2. The van der Waals surface area contributed by atoms with E-state index in [0.717, 1.165) is 44.9 Å². The summed E-state index contributed by atoms with van der Waals surface area (Å²) in [5.74, 6) is -4.26. The molecule has 2 saturated heterocycles. The van der Waals surface area contributed by atoms with Gasteiger partial charge in [-0.25, -0.2) is 5.43 Å². The number of rotatable bonds is 5. The van der Waals surface area contributed by atoms with Gasteiger partial charge in [-0.05, 0) is 44.8 Å². The molecule has 0 aromatic carbocycles. The van der Waals surface area contributed by atoms with Crippen molar-refractivity contribution in [2.24, 2.45) is 22.7 Å². The zero-order valence-corrected chi connectivity index (χ0v) is 22.4. The Morgan fingerprint density at radius 2 is 1.78 bits per heavy atom. The van der Waals surface area contributed by atoms with E-state index in [4.69, 9.17) is 0 Å². The number of halogens is 2. The first-order valence-corrected chi connectivity index (χ1v) is 12.8. The number of hydrazine groups is 1. The largest absolute Gasteiger partial charge is 0.337 e. The van der Waals surface area contributed by atoms with Crippen LogP contribution >= 0.6 is 11.3 Å². The molecular formula is C24H37F2N5O4S. The third kappa shape index (κ3) is 7.84. The summed E-state index contributed by atoms with van der Waals surface area (Å²) in [6, 6.07) is 0. The lowest BCUT2D eigenvalue weighted by Gasteiger charge is -2.39. The van der Waals surface area contributed by atoms with Gasteiger partial charge in [0.2, 0.25) is 0 Å². The molecule has 1 saturated carbocycles. The smallest absolute Gasteiger partial charge is 0.323 e. The Labute approximate surface area is 215 Å². The first-order valence-electron chi connectivity index (χ1n) is 11.9. The summed E-state index contributed by atoms with van der Waals surface area (Å²) in [4.78, 5) is 52.8. The number of carbonyl (C=O) groups excluding carboxylic acids is 4. The maximum absolute atomic E-state index is 12.4. The number of nitrogens with zero attached hydrogens (tertiary/aromatic N) is 3. The Hall–Kier alpha value is -2.31. The van der Waals surface area contributed by atoms with Crippen LogP contribution in [-0.4, -0.2) is 85.4 Å². The summed E-state index contributed by atoms with van der Waals surface area (Å²) in [5, 5.41) is 0. The molecule has 3 aliphatic rings. The number of aromatic nitrogens is 1. The molecule has 3 fully saturated rings. The highest BCUT2D eigenvalue weighted by atomic mass is 32.1. The normalized spacial score (nSPS) is 24.0. The van der Waals surface area contributed by atoms with Crippen LogP contribution in [0.1, 0.15) is 49.7 Å². The number of aldehydes is 2. The number of thiazole rings is 1. The fraction of sp³-hybridized carbons (Fsp3) is 0.708. The standard InChI is InChI=1S/C14H19N3O2S.C6H10O.C4H8F2N2O/c1-16-4-2-14(3-5-16)9-17(7-11(14)8-18)13(19)12-6-15-10-20-12;1-6(2)3-5(6)4-7;1-4(5,6)3(9)8-7-2/h6,8,10-11H,2-5,7,9H2,1H3;4-5H,3H2,1-2H3;7H,1-2H3,(H,8,9). The minimum absolute atomic E-state index is 0.00535. The Morgan fingerprint density at radius 3 is 2.14 bits per heavy atom. The number of carbonyl (C=O) groups is 4. The predicted octanol–water partition coefficient (Wildman–Crippen LogP) is 2.25. The van der Waals surface area contributed by atoms with E-state index in [-0.39, 0.29) is 17.2 Å². The summed E-state index contributed by atoms with van der Waals surface area (Å²) < 4.78 is 23.7. The maximum Gasteiger partial charge on any atom is 0.323 e. The summed E-state index contributed by atoms with van der Waals surface area (Å²) in [6.45, 7) is 8.04. The number of hydrogen-bond donors (Lipinski definition) is 2. The van der Waals surface area contributed by atoms with Crippen molar-refractivity contribution in [2.45, 2.75) is 46.0 Å². The summed E-state index contributed by atoms with van der Waals surface area (Å²) in [7, 11) is 3.45. The summed E-state index contributed by atoms with van der Waals surface area (Å²) in [6.07, 6.45) is 6.82. The van der Waals surface area contributed by atoms with Crippen LogP contribution in [0.4, 0.5) is 8.78 Å². The van der Waals surface area contributed by atoms with Crippen LogP contribution in [0.5, 0.6) is 0 Å². The molecular weight excluding hydrogens is 492 g/mol. The van der Waals surface area contributed by atoms with Crippen molar-refractivity contribution in [1.29, 1.82) is 0 Å². The molecule has 0 radical (unpaired) electrons. The van der Waals surface area contributed by atoms with E-state index < -0.39 is 11.8 Å². The number of likely N-dealkylation sites (tertiary alicyclic amines) is 2. The van der Waals surface area contributed by atoms with Gasteiger partial charge < -0.3 is 19.4 Å². The highest BCUT2D eigenvalue weighted by Crippen LogP contribution is 2.49. The van der Waals surface area contributed by atoms with E-state index in [1.165, 1.54) is 18.4 Å². The van der Waals surface area contributed by atoms with E-state index in [0.29, 0.717) is 36.2 Å². The van der Waals surface area contributed by atoms with Crippen LogP contribution in [0.15, 0.2) is 11.7 Å². The summed E-state index contributed by atoms with van der Waals surface area (Å²) >= 11 is 1.36. The van der Waals surface area contributed by atoms with E-state index in [1.807, 2.05) is 4.90 Å². The van der Waals surface area contributed by atoms with Gasteiger partial charge in [0.15, 0.2) is 0 Å². The van der Waals surface area contributed by atoms with Crippen molar-refractivity contribution in [3.8, 4) is 0 Å². The molecule has 202 valence electrons. The lowest BCUT2D eigenvalue weighted by molar-refractivity contribution is -0.143. The number of alkyl halides is 2. The van der Waals surface area contributed by atoms with Crippen LogP contribution in [-0.2, 0) is 14.4 Å². The van der Waals surface area contributed by atoms with Crippen LogP contribution in [0.2, 0.25) is 0 Å². The molecule has 2 atom stereocenters. The van der Waals surface area contributed by atoms with Crippen molar-refractivity contribution in [3.05, 3.63) is 16.6 Å². The van der Waals surface area contributed by atoms with E-state index in [2.05, 4.69) is 36.2 Å². The monoisotopic (exact) mass is 529 g/mol. The van der Waals surface area contributed by atoms with Gasteiger partial charge in [0.1, 0.15) is 17.4 Å². The van der Waals surface area contributed by atoms with E-state index in [9.17, 15) is 28.0 Å². The third-order valence-corrected chi connectivity index (χ3v) is 7.94. The predicted molar refractivity (Wildman–Crippen MR) is 133 cm³/mol. The van der Waals surface area contributed by atoms with Crippen LogP contribution in [0.25, 0.3) is 0 Å². The minimum atomic E-state index is -3.30. The fourth-order valence-corrected chi connectivity index (χ4v) is 4.96. The molecule has 2 amide bonds. The first kappa shape index (κ1) is 29.9. The van der Waals surface area contributed by atoms with Gasteiger partial charge in [-0.3, -0.25) is 20.0 Å². The molecule has 9 nitrogen and oxygen atoms in total. The minimum Gasteiger partial charge on any atom is -0.337 e. The van der Waals surface area contributed by atoms with Gasteiger partial charge in [0.25, 0.3) is 5.91 Å². The number of hydrogen-bond acceptors (Lipinski definition) is 8. The molecule has 1 aromatic heterocycles. The van der Waals surface area contributed by atoms with Gasteiger partial charge in [-0.1, -0.05) is 13.8 Å². The highest BCUT2D eigenvalue weighted by Gasteiger charge is 2.49. The van der Waals surface area contributed by atoms with Gasteiger partial charge in [0, 0.05) is 44.3 Å². The van der Waals surface area contributed by atoms with Gasteiger partial charge in [0.05, 0.1) is 11.7 Å². The second-order valence-electron chi connectivity index (χ2n) is 10.5. The molecule has 0 bridgehead atoms. The third-order valence-electron chi connectivity index (χ3n) is 7.18. The quantitative estimate of drug-likeness (QED) is 0.445. The lowest BCUT2D eigenvalue weighted by atomic mass is 9.71. The van der Waals surface area contributed by atoms with Crippen molar-refractivity contribution < 1.29 is 28.0 Å². The molecule has 36 heavy (non-hydrogen) atoms. The molecule has 1 aliphatic carbocycles. The topological polar surface area (TPSA) is 112 Å². The molecule has 1 spiro atoms. The Bertz CT molecular complexity index is 899. The van der Waals surface area contributed by atoms with Gasteiger partial charge >= 0.3 is 11.8 Å². The molecule has 4 rings (SSSR count). The molecule has 2 unspecified atom stereocenters. The highest BCUT2D eigenvalue weighted by molar-refractivity contribution is 7.11. The second-order valence-corrected chi connectivity index (χ2v) is 11.4. The Balaban J connectivity index is 0.000000236. The van der Waals surface area contributed by atoms with Crippen molar-refractivity contribution in [3.63, 3.8) is 0 Å². The molecule has 1 aromatic rings. The first-order chi connectivity index (χ1) is 16.8. The second kappa shape index (κ2) is 12.3. The van der Waals surface area contributed by atoms with Crippen LogP contribution < -0.4 is 10.9 Å². The average molecular weight is 530 g/mol.